The van der Waals surface area contributed by atoms with Gasteiger partial charge in [-0.3, -0.25) is 0 Å². The number of alkyl carbamates (subject to hydrolysis) is 1. The zero-order valence-electron chi connectivity index (χ0n) is 10.7. The highest BCUT2D eigenvalue weighted by molar-refractivity contribution is 5.67. The molecule has 0 bridgehead atoms. The van der Waals surface area contributed by atoms with E-state index in [0.29, 0.717) is 11.1 Å². The average molecular weight is 249 g/mol. The zero-order valence-corrected chi connectivity index (χ0v) is 10.7. The highest BCUT2D eigenvalue weighted by Gasteiger charge is 2.15. The maximum absolute atomic E-state index is 13.2. The van der Waals surface area contributed by atoms with E-state index in [1.807, 2.05) is 0 Å². The molecule has 0 saturated heterocycles. The van der Waals surface area contributed by atoms with Gasteiger partial charge in [0.2, 0.25) is 0 Å². The van der Waals surface area contributed by atoms with Crippen molar-refractivity contribution in [2.75, 3.05) is 0 Å². The quantitative estimate of drug-likeness (QED) is 0.818. The summed E-state index contributed by atoms with van der Waals surface area (Å²) < 4.78 is 18.2. The van der Waals surface area contributed by atoms with Gasteiger partial charge in [0.15, 0.2) is 0 Å². The Kier molecular flexibility index (Phi) is 4.33. The molecule has 1 rings (SSSR count). The molecule has 0 aromatic heterocycles. The Hall–Kier alpha value is -2.02. The van der Waals surface area contributed by atoms with E-state index >= 15 is 0 Å². The Labute approximate surface area is 106 Å². The molecular formula is C14H16FNO2. The fraction of sp³-hybridized carbons (Fsp3) is 0.357. The number of rotatable bonds is 2. The molecule has 4 heteroatoms. The number of carbonyl (C=O) groups is 1. The standard InChI is InChI=1S/C14H16FNO2/c1-5-10-6-11(8-12(15)7-10)9-16-13(17)18-14(2,3)4/h1,6-8H,9H2,2-4H3,(H,16,17). The smallest absolute Gasteiger partial charge is 0.407 e. The Morgan fingerprint density at radius 1 is 1.44 bits per heavy atom. The van der Waals surface area contributed by atoms with Crippen molar-refractivity contribution in [1.82, 2.24) is 5.32 Å². The van der Waals surface area contributed by atoms with Gasteiger partial charge in [-0.1, -0.05) is 5.92 Å². The summed E-state index contributed by atoms with van der Waals surface area (Å²) in [5.74, 6) is 1.93. The monoisotopic (exact) mass is 249 g/mol. The second-order valence-corrected chi connectivity index (χ2v) is 4.85. The first-order chi connectivity index (χ1) is 8.30. The number of carbonyl (C=O) groups excluding carboxylic acids is 1. The molecule has 0 saturated carbocycles. The lowest BCUT2D eigenvalue weighted by Crippen LogP contribution is -2.32. The van der Waals surface area contributed by atoms with Gasteiger partial charge in [0.1, 0.15) is 11.4 Å². The minimum absolute atomic E-state index is 0.168. The molecule has 96 valence electrons. The van der Waals surface area contributed by atoms with Gasteiger partial charge in [0.05, 0.1) is 0 Å². The second kappa shape index (κ2) is 5.54. The predicted octanol–water partition coefficient (Wildman–Crippen LogP) is 2.83. The molecule has 0 heterocycles. The molecule has 1 aromatic carbocycles. The first-order valence-corrected chi connectivity index (χ1v) is 5.53. The van der Waals surface area contributed by atoms with Crippen molar-refractivity contribution in [3.8, 4) is 12.3 Å². The molecule has 0 radical (unpaired) electrons. The summed E-state index contributed by atoms with van der Waals surface area (Å²) >= 11 is 0. The van der Waals surface area contributed by atoms with Crippen LogP contribution in [0.4, 0.5) is 9.18 Å². The van der Waals surface area contributed by atoms with Crippen LogP contribution in [0.3, 0.4) is 0 Å². The van der Waals surface area contributed by atoms with Crippen LogP contribution in [0.1, 0.15) is 31.9 Å². The first-order valence-electron chi connectivity index (χ1n) is 5.53. The molecule has 1 amide bonds. The molecular weight excluding hydrogens is 233 g/mol. The summed E-state index contributed by atoms with van der Waals surface area (Å²) in [6.07, 6.45) is 4.65. The van der Waals surface area contributed by atoms with Gasteiger partial charge < -0.3 is 10.1 Å². The van der Waals surface area contributed by atoms with Gasteiger partial charge in [-0.05, 0) is 44.5 Å². The Bertz CT molecular complexity index is 484. The van der Waals surface area contributed by atoms with Crippen molar-refractivity contribution in [3.05, 3.63) is 35.1 Å². The van der Waals surface area contributed by atoms with E-state index < -0.39 is 17.5 Å². The maximum Gasteiger partial charge on any atom is 0.407 e. The van der Waals surface area contributed by atoms with E-state index in [9.17, 15) is 9.18 Å². The maximum atomic E-state index is 13.2. The minimum atomic E-state index is -0.560. The van der Waals surface area contributed by atoms with E-state index in [1.165, 1.54) is 12.1 Å². The lowest BCUT2D eigenvalue weighted by atomic mass is 10.1. The van der Waals surface area contributed by atoms with Gasteiger partial charge in [-0.15, -0.1) is 6.42 Å². The molecule has 0 spiro atoms. The third-order valence-corrected chi connectivity index (χ3v) is 1.96. The van der Waals surface area contributed by atoms with Crippen LogP contribution in [0.25, 0.3) is 0 Å². The Morgan fingerprint density at radius 2 is 2.11 bits per heavy atom. The summed E-state index contributed by atoms with van der Waals surface area (Å²) in [7, 11) is 0. The molecule has 18 heavy (non-hydrogen) atoms. The van der Waals surface area contributed by atoms with Crippen LogP contribution in [0.5, 0.6) is 0 Å². The minimum Gasteiger partial charge on any atom is -0.444 e. The van der Waals surface area contributed by atoms with Crippen molar-refractivity contribution >= 4 is 6.09 Å². The number of terminal acetylenes is 1. The van der Waals surface area contributed by atoms with E-state index in [-0.39, 0.29) is 6.54 Å². The van der Waals surface area contributed by atoms with Gasteiger partial charge in [0, 0.05) is 12.1 Å². The van der Waals surface area contributed by atoms with Gasteiger partial charge in [-0.25, -0.2) is 9.18 Å². The van der Waals surface area contributed by atoms with Crippen LogP contribution in [0.15, 0.2) is 18.2 Å². The van der Waals surface area contributed by atoms with E-state index in [0.717, 1.165) is 0 Å². The summed E-state index contributed by atoms with van der Waals surface area (Å²) in [6.45, 7) is 5.48. The van der Waals surface area contributed by atoms with Crippen LogP contribution in [-0.4, -0.2) is 11.7 Å². The zero-order chi connectivity index (χ0) is 13.8. The van der Waals surface area contributed by atoms with Crippen LogP contribution < -0.4 is 5.32 Å². The highest BCUT2D eigenvalue weighted by Crippen LogP contribution is 2.10. The third kappa shape index (κ3) is 4.88. The fourth-order valence-corrected chi connectivity index (χ4v) is 1.32. The Morgan fingerprint density at radius 3 is 2.67 bits per heavy atom. The second-order valence-electron chi connectivity index (χ2n) is 4.85. The largest absolute Gasteiger partial charge is 0.444 e. The molecule has 0 aliphatic rings. The van der Waals surface area contributed by atoms with Crippen LogP contribution in [-0.2, 0) is 11.3 Å². The van der Waals surface area contributed by atoms with Crippen LogP contribution in [0.2, 0.25) is 0 Å². The summed E-state index contributed by atoms with van der Waals surface area (Å²) in [6, 6.07) is 4.22. The van der Waals surface area contributed by atoms with Crippen molar-refractivity contribution in [2.24, 2.45) is 0 Å². The molecule has 0 atom stereocenters. The SMILES string of the molecule is C#Cc1cc(F)cc(CNC(=O)OC(C)(C)C)c1. The normalized spacial score (nSPS) is 10.6. The summed E-state index contributed by atoms with van der Waals surface area (Å²) in [5, 5.41) is 2.54. The number of halogens is 1. The van der Waals surface area contributed by atoms with Crippen molar-refractivity contribution < 1.29 is 13.9 Å². The highest BCUT2D eigenvalue weighted by atomic mass is 19.1. The number of ether oxygens (including phenoxy) is 1. The molecule has 0 unspecified atom stereocenters. The van der Waals surface area contributed by atoms with Gasteiger partial charge >= 0.3 is 6.09 Å². The van der Waals surface area contributed by atoms with Crippen molar-refractivity contribution in [3.63, 3.8) is 0 Å². The lowest BCUT2D eigenvalue weighted by molar-refractivity contribution is 0.0523. The first kappa shape index (κ1) is 14.0. The fourth-order valence-electron chi connectivity index (χ4n) is 1.32. The van der Waals surface area contributed by atoms with E-state index in [4.69, 9.17) is 11.2 Å². The molecule has 0 aliphatic carbocycles. The molecule has 0 aliphatic heterocycles. The summed E-state index contributed by atoms with van der Waals surface area (Å²) in [5.41, 5.74) is 0.473. The predicted molar refractivity (Wildman–Crippen MR) is 67.4 cm³/mol. The van der Waals surface area contributed by atoms with Crippen LogP contribution in [0, 0.1) is 18.2 Å². The number of nitrogens with one attached hydrogen (secondary N) is 1. The number of benzene rings is 1. The average Bonchev–Trinajstić information content (AvgIpc) is 2.23. The van der Waals surface area contributed by atoms with Gasteiger partial charge in [0.25, 0.3) is 0 Å². The topological polar surface area (TPSA) is 38.3 Å². The number of hydrogen-bond acceptors (Lipinski definition) is 2. The number of amides is 1. The molecule has 3 nitrogen and oxygen atoms in total. The summed E-state index contributed by atoms with van der Waals surface area (Å²) in [4.78, 5) is 11.4. The molecule has 0 fully saturated rings. The molecule has 1 aromatic rings. The Balaban J connectivity index is 2.62. The number of hydrogen-bond donors (Lipinski definition) is 1. The molecule has 1 N–H and O–H groups in total. The lowest BCUT2D eigenvalue weighted by Gasteiger charge is -2.19. The van der Waals surface area contributed by atoms with Crippen molar-refractivity contribution in [1.29, 1.82) is 0 Å². The van der Waals surface area contributed by atoms with Crippen LogP contribution >= 0.6 is 0 Å². The third-order valence-electron chi connectivity index (χ3n) is 1.96. The van der Waals surface area contributed by atoms with E-state index in [1.54, 1.807) is 26.8 Å². The van der Waals surface area contributed by atoms with Crippen molar-refractivity contribution in [2.45, 2.75) is 32.9 Å². The van der Waals surface area contributed by atoms with E-state index in [2.05, 4.69) is 11.2 Å². The van der Waals surface area contributed by atoms with Gasteiger partial charge in [-0.2, -0.15) is 0 Å².